The molecule has 0 atom stereocenters. The Labute approximate surface area is 77.6 Å². The summed E-state index contributed by atoms with van der Waals surface area (Å²) in [6.45, 7) is 1.32. The summed E-state index contributed by atoms with van der Waals surface area (Å²) in [5.41, 5.74) is 1.19. The van der Waals surface area contributed by atoms with Crippen LogP contribution in [0.1, 0.15) is 12.5 Å². The van der Waals surface area contributed by atoms with Crippen LogP contribution in [0.2, 0.25) is 0 Å². The van der Waals surface area contributed by atoms with Crippen LogP contribution >= 0.6 is 0 Å². The van der Waals surface area contributed by atoms with Gasteiger partial charge in [0.1, 0.15) is 0 Å². The van der Waals surface area contributed by atoms with Gasteiger partial charge in [0.2, 0.25) is 0 Å². The van der Waals surface area contributed by atoms with Gasteiger partial charge < -0.3 is 10.2 Å². The Morgan fingerprint density at radius 3 is 2.15 bits per heavy atom. The van der Waals surface area contributed by atoms with Gasteiger partial charge >= 0.3 is 0 Å². The zero-order valence-corrected chi connectivity index (χ0v) is 7.60. The molecule has 0 unspecified atom stereocenters. The molecule has 1 aromatic carbocycles. The third-order valence-corrected chi connectivity index (χ3v) is 1.24. The number of aliphatic carboxylic acids is 1. The minimum absolute atomic E-state index is 0.240. The second-order valence-corrected chi connectivity index (χ2v) is 2.48. The fraction of sp³-hybridized carbons (Fsp3) is 0.300. The SMILES string of the molecule is CC(=O)O.OCCc1ccccc1. The maximum absolute atomic E-state index is 9.00. The molecular weight excluding hydrogens is 168 g/mol. The van der Waals surface area contributed by atoms with Crippen molar-refractivity contribution in [3.63, 3.8) is 0 Å². The van der Waals surface area contributed by atoms with E-state index in [1.54, 1.807) is 0 Å². The Morgan fingerprint density at radius 1 is 1.31 bits per heavy atom. The molecule has 13 heavy (non-hydrogen) atoms. The predicted molar refractivity (Wildman–Crippen MR) is 50.5 cm³/mol. The molecule has 0 spiro atoms. The Balaban J connectivity index is 0.000000310. The molecule has 1 aromatic rings. The zero-order valence-electron chi connectivity index (χ0n) is 7.60. The summed E-state index contributed by atoms with van der Waals surface area (Å²) in [7, 11) is 0. The van der Waals surface area contributed by atoms with Gasteiger partial charge in [-0.1, -0.05) is 30.3 Å². The van der Waals surface area contributed by atoms with Crippen molar-refractivity contribution in [3.05, 3.63) is 35.9 Å². The van der Waals surface area contributed by atoms with E-state index < -0.39 is 5.97 Å². The van der Waals surface area contributed by atoms with Crippen LogP contribution in [0.5, 0.6) is 0 Å². The normalized spacial score (nSPS) is 8.46. The van der Waals surface area contributed by atoms with Crippen molar-refractivity contribution in [1.82, 2.24) is 0 Å². The Bertz CT molecular complexity index is 227. The standard InChI is InChI=1S/C8H10O.C2H4O2/c9-7-6-8-4-2-1-3-5-8;1-2(3)4/h1-5,9H,6-7H2;1H3,(H,3,4). The molecule has 0 aliphatic heterocycles. The molecule has 0 aliphatic rings. The molecule has 3 heteroatoms. The number of hydrogen-bond acceptors (Lipinski definition) is 2. The summed E-state index contributed by atoms with van der Waals surface area (Å²) in [5.74, 6) is -0.833. The van der Waals surface area contributed by atoms with Crippen LogP contribution in [-0.4, -0.2) is 22.8 Å². The minimum atomic E-state index is -0.833. The molecular formula is C10H14O3. The van der Waals surface area contributed by atoms with Crippen molar-refractivity contribution in [2.45, 2.75) is 13.3 Å². The monoisotopic (exact) mass is 182 g/mol. The van der Waals surface area contributed by atoms with E-state index >= 15 is 0 Å². The number of aliphatic hydroxyl groups excluding tert-OH is 1. The molecule has 0 radical (unpaired) electrons. The average Bonchev–Trinajstić information content (AvgIpc) is 2.06. The number of hydrogen-bond donors (Lipinski definition) is 2. The lowest BCUT2D eigenvalue weighted by Gasteiger charge is -1.93. The maximum Gasteiger partial charge on any atom is 0.300 e. The number of carboxylic acids is 1. The van der Waals surface area contributed by atoms with Gasteiger partial charge in [0.15, 0.2) is 0 Å². The number of carbonyl (C=O) groups is 1. The van der Waals surface area contributed by atoms with E-state index in [2.05, 4.69) is 0 Å². The Morgan fingerprint density at radius 2 is 1.77 bits per heavy atom. The lowest BCUT2D eigenvalue weighted by molar-refractivity contribution is -0.134. The van der Waals surface area contributed by atoms with Crippen LogP contribution in [-0.2, 0) is 11.2 Å². The Hall–Kier alpha value is -1.35. The minimum Gasteiger partial charge on any atom is -0.481 e. The first-order chi connectivity index (χ1) is 6.16. The third-order valence-electron chi connectivity index (χ3n) is 1.24. The molecule has 0 fully saturated rings. The molecule has 3 nitrogen and oxygen atoms in total. The van der Waals surface area contributed by atoms with Gasteiger partial charge in [0.05, 0.1) is 0 Å². The number of rotatable bonds is 2. The fourth-order valence-electron chi connectivity index (χ4n) is 0.774. The van der Waals surface area contributed by atoms with E-state index in [1.165, 1.54) is 5.56 Å². The van der Waals surface area contributed by atoms with Crippen molar-refractivity contribution < 1.29 is 15.0 Å². The van der Waals surface area contributed by atoms with E-state index in [4.69, 9.17) is 15.0 Å². The van der Waals surface area contributed by atoms with Crippen LogP contribution in [0.3, 0.4) is 0 Å². The van der Waals surface area contributed by atoms with E-state index in [0.717, 1.165) is 13.3 Å². The van der Waals surface area contributed by atoms with Gasteiger partial charge in [-0.05, 0) is 12.0 Å². The first-order valence-electron chi connectivity index (χ1n) is 4.01. The van der Waals surface area contributed by atoms with E-state index in [1.807, 2.05) is 30.3 Å². The van der Waals surface area contributed by atoms with Crippen molar-refractivity contribution in [2.24, 2.45) is 0 Å². The van der Waals surface area contributed by atoms with Crippen molar-refractivity contribution in [3.8, 4) is 0 Å². The van der Waals surface area contributed by atoms with Crippen LogP contribution in [0.4, 0.5) is 0 Å². The van der Waals surface area contributed by atoms with Crippen LogP contribution in [0, 0.1) is 0 Å². The van der Waals surface area contributed by atoms with Crippen molar-refractivity contribution >= 4 is 5.97 Å². The zero-order chi connectivity index (χ0) is 10.1. The maximum atomic E-state index is 9.00. The van der Waals surface area contributed by atoms with E-state index in [0.29, 0.717) is 0 Å². The summed E-state index contributed by atoms with van der Waals surface area (Å²) in [6, 6.07) is 9.95. The van der Waals surface area contributed by atoms with E-state index in [9.17, 15) is 0 Å². The first-order valence-corrected chi connectivity index (χ1v) is 4.01. The molecule has 0 saturated heterocycles. The summed E-state index contributed by atoms with van der Waals surface area (Å²) >= 11 is 0. The van der Waals surface area contributed by atoms with Crippen LogP contribution in [0.15, 0.2) is 30.3 Å². The molecule has 2 N–H and O–H groups in total. The van der Waals surface area contributed by atoms with Gasteiger partial charge in [-0.2, -0.15) is 0 Å². The highest BCUT2D eigenvalue weighted by Crippen LogP contribution is 1.97. The first kappa shape index (κ1) is 11.6. The fourth-order valence-corrected chi connectivity index (χ4v) is 0.774. The molecule has 0 aliphatic carbocycles. The molecule has 0 amide bonds. The Kier molecular flexibility index (Phi) is 6.55. The van der Waals surface area contributed by atoms with Gasteiger partial charge in [0.25, 0.3) is 5.97 Å². The number of carboxylic acid groups (broad SMARTS) is 1. The molecule has 0 saturated carbocycles. The lowest BCUT2D eigenvalue weighted by Crippen LogP contribution is -1.88. The summed E-state index contributed by atoms with van der Waals surface area (Å²) < 4.78 is 0. The lowest BCUT2D eigenvalue weighted by atomic mass is 10.2. The summed E-state index contributed by atoms with van der Waals surface area (Å²) in [4.78, 5) is 9.00. The molecule has 1 rings (SSSR count). The quantitative estimate of drug-likeness (QED) is 0.725. The highest BCUT2D eigenvalue weighted by atomic mass is 16.4. The van der Waals surface area contributed by atoms with E-state index in [-0.39, 0.29) is 6.61 Å². The van der Waals surface area contributed by atoms with Crippen molar-refractivity contribution in [2.75, 3.05) is 6.61 Å². The second-order valence-electron chi connectivity index (χ2n) is 2.48. The number of benzene rings is 1. The largest absolute Gasteiger partial charge is 0.481 e. The molecule has 0 aromatic heterocycles. The molecule has 0 heterocycles. The smallest absolute Gasteiger partial charge is 0.300 e. The summed E-state index contributed by atoms with van der Waals surface area (Å²) in [5, 5.41) is 15.9. The molecule has 72 valence electrons. The van der Waals surface area contributed by atoms with Gasteiger partial charge in [-0.15, -0.1) is 0 Å². The summed E-state index contributed by atoms with van der Waals surface area (Å²) in [6.07, 6.45) is 0.765. The third kappa shape index (κ3) is 8.56. The highest BCUT2D eigenvalue weighted by molar-refractivity contribution is 5.62. The van der Waals surface area contributed by atoms with Gasteiger partial charge in [-0.3, -0.25) is 4.79 Å². The topological polar surface area (TPSA) is 57.5 Å². The molecule has 0 bridgehead atoms. The van der Waals surface area contributed by atoms with Gasteiger partial charge in [0, 0.05) is 13.5 Å². The average molecular weight is 182 g/mol. The second kappa shape index (κ2) is 7.31. The van der Waals surface area contributed by atoms with Crippen molar-refractivity contribution in [1.29, 1.82) is 0 Å². The highest BCUT2D eigenvalue weighted by Gasteiger charge is 1.85. The van der Waals surface area contributed by atoms with Crippen LogP contribution < -0.4 is 0 Å². The van der Waals surface area contributed by atoms with Crippen LogP contribution in [0.25, 0.3) is 0 Å². The van der Waals surface area contributed by atoms with Gasteiger partial charge in [-0.25, -0.2) is 0 Å². The predicted octanol–water partition coefficient (Wildman–Crippen LogP) is 1.31. The number of aliphatic hydroxyl groups is 1.